The van der Waals surface area contributed by atoms with Gasteiger partial charge in [0.05, 0.1) is 25.3 Å². The number of carbonyl (C=O) groups is 1. The summed E-state index contributed by atoms with van der Waals surface area (Å²) < 4.78 is 5.44. The van der Waals surface area contributed by atoms with E-state index in [9.17, 15) is 4.79 Å². The first-order chi connectivity index (χ1) is 10.6. The number of hydrogen-bond acceptors (Lipinski definition) is 5. The predicted molar refractivity (Wildman–Crippen MR) is 90.1 cm³/mol. The lowest BCUT2D eigenvalue weighted by Crippen LogP contribution is -2.47. The molecule has 0 radical (unpaired) electrons. The molecule has 2 heterocycles. The van der Waals surface area contributed by atoms with E-state index >= 15 is 0 Å². The molecule has 1 saturated heterocycles. The van der Waals surface area contributed by atoms with Crippen LogP contribution in [0.1, 0.15) is 35.6 Å². The Kier molecular flexibility index (Phi) is 6.82. The lowest BCUT2D eigenvalue weighted by atomic mass is 10.1. The first-order valence-corrected chi connectivity index (χ1v) is 8.85. The summed E-state index contributed by atoms with van der Waals surface area (Å²) in [5.41, 5.74) is 5.89. The number of amides is 1. The standard InChI is InChI=1S/C16H27N3O2S/c1-3-4-13(17)16(20)18-11-14(15-6-5-12(2)22-15)19-7-9-21-10-8-19/h5-6,13-14H,3-4,7-11,17H2,1-2H3,(H,18,20). The van der Waals surface area contributed by atoms with Gasteiger partial charge in [-0.15, -0.1) is 11.3 Å². The average molecular weight is 325 g/mol. The number of nitrogens with two attached hydrogens (primary N) is 1. The van der Waals surface area contributed by atoms with Crippen LogP contribution < -0.4 is 11.1 Å². The third kappa shape index (κ3) is 4.78. The molecule has 3 N–H and O–H groups in total. The Morgan fingerprint density at radius 3 is 2.77 bits per heavy atom. The van der Waals surface area contributed by atoms with E-state index in [1.54, 1.807) is 11.3 Å². The van der Waals surface area contributed by atoms with Crippen molar-refractivity contribution in [3.05, 3.63) is 21.9 Å². The van der Waals surface area contributed by atoms with Gasteiger partial charge in [0.2, 0.25) is 5.91 Å². The molecular weight excluding hydrogens is 298 g/mol. The van der Waals surface area contributed by atoms with Crippen LogP contribution in [0.4, 0.5) is 0 Å². The van der Waals surface area contributed by atoms with Crippen molar-refractivity contribution in [1.29, 1.82) is 0 Å². The molecule has 1 aliphatic heterocycles. The third-order valence-electron chi connectivity index (χ3n) is 3.98. The summed E-state index contributed by atoms with van der Waals surface area (Å²) in [6.45, 7) is 8.07. The molecule has 0 aliphatic carbocycles. The fourth-order valence-corrected chi connectivity index (χ4v) is 3.71. The van der Waals surface area contributed by atoms with Gasteiger partial charge in [0.15, 0.2) is 0 Å². The highest BCUT2D eigenvalue weighted by Gasteiger charge is 2.25. The van der Waals surface area contributed by atoms with Crippen molar-refractivity contribution >= 4 is 17.2 Å². The lowest BCUT2D eigenvalue weighted by Gasteiger charge is -2.34. The van der Waals surface area contributed by atoms with Gasteiger partial charge in [-0.05, 0) is 25.5 Å². The van der Waals surface area contributed by atoms with Gasteiger partial charge in [0.25, 0.3) is 0 Å². The number of carbonyl (C=O) groups excluding carboxylic acids is 1. The summed E-state index contributed by atoms with van der Waals surface area (Å²) in [6.07, 6.45) is 1.65. The smallest absolute Gasteiger partial charge is 0.236 e. The maximum absolute atomic E-state index is 12.1. The Balaban J connectivity index is 2.00. The zero-order chi connectivity index (χ0) is 15.9. The fraction of sp³-hybridized carbons (Fsp3) is 0.688. The molecule has 0 saturated carbocycles. The van der Waals surface area contributed by atoms with Crippen LogP contribution in [0.5, 0.6) is 0 Å². The second kappa shape index (κ2) is 8.62. The first-order valence-electron chi connectivity index (χ1n) is 8.03. The summed E-state index contributed by atoms with van der Waals surface area (Å²) in [6, 6.07) is 4.11. The van der Waals surface area contributed by atoms with Crippen LogP contribution >= 0.6 is 11.3 Å². The highest BCUT2D eigenvalue weighted by Crippen LogP contribution is 2.27. The first kappa shape index (κ1) is 17.4. The number of nitrogens with zero attached hydrogens (tertiary/aromatic N) is 1. The minimum atomic E-state index is -0.402. The summed E-state index contributed by atoms with van der Waals surface area (Å²) in [4.78, 5) is 17.1. The summed E-state index contributed by atoms with van der Waals surface area (Å²) >= 11 is 1.79. The Bertz CT molecular complexity index is 472. The van der Waals surface area contributed by atoms with Crippen molar-refractivity contribution in [3.8, 4) is 0 Å². The Morgan fingerprint density at radius 1 is 1.45 bits per heavy atom. The fourth-order valence-electron chi connectivity index (χ4n) is 2.70. The Morgan fingerprint density at radius 2 is 2.18 bits per heavy atom. The van der Waals surface area contributed by atoms with Crippen molar-refractivity contribution in [2.24, 2.45) is 5.73 Å². The van der Waals surface area contributed by atoms with E-state index in [1.807, 2.05) is 6.92 Å². The number of thiophene rings is 1. The topological polar surface area (TPSA) is 67.6 Å². The normalized spacial score (nSPS) is 18.9. The monoisotopic (exact) mass is 325 g/mol. The van der Waals surface area contributed by atoms with E-state index in [0.29, 0.717) is 6.54 Å². The second-order valence-electron chi connectivity index (χ2n) is 5.75. The van der Waals surface area contributed by atoms with E-state index in [0.717, 1.165) is 39.1 Å². The van der Waals surface area contributed by atoms with Gasteiger partial charge in [-0.25, -0.2) is 0 Å². The zero-order valence-electron chi connectivity index (χ0n) is 13.5. The van der Waals surface area contributed by atoms with Gasteiger partial charge < -0.3 is 15.8 Å². The SMILES string of the molecule is CCCC(N)C(=O)NCC(c1ccc(C)s1)N1CCOCC1. The van der Waals surface area contributed by atoms with Crippen LogP contribution in [0.3, 0.4) is 0 Å². The van der Waals surface area contributed by atoms with Crippen LogP contribution in [0.2, 0.25) is 0 Å². The van der Waals surface area contributed by atoms with Crippen LogP contribution in [0, 0.1) is 6.92 Å². The van der Waals surface area contributed by atoms with Gasteiger partial charge in [0, 0.05) is 29.4 Å². The molecule has 1 aromatic heterocycles. The number of nitrogens with one attached hydrogen (secondary N) is 1. The van der Waals surface area contributed by atoms with Crippen LogP contribution in [0.25, 0.3) is 0 Å². The van der Waals surface area contributed by atoms with E-state index in [2.05, 4.69) is 29.3 Å². The molecule has 2 unspecified atom stereocenters. The maximum Gasteiger partial charge on any atom is 0.236 e. The number of hydrogen-bond donors (Lipinski definition) is 2. The molecule has 0 spiro atoms. The van der Waals surface area contributed by atoms with Crippen molar-refractivity contribution in [3.63, 3.8) is 0 Å². The highest BCUT2D eigenvalue weighted by atomic mass is 32.1. The van der Waals surface area contributed by atoms with Crippen LogP contribution in [0.15, 0.2) is 12.1 Å². The minimum absolute atomic E-state index is 0.0478. The molecule has 0 aromatic carbocycles. The maximum atomic E-state index is 12.1. The van der Waals surface area contributed by atoms with Crippen LogP contribution in [-0.2, 0) is 9.53 Å². The lowest BCUT2D eigenvalue weighted by molar-refractivity contribution is -0.122. The van der Waals surface area contributed by atoms with Crippen molar-refractivity contribution in [1.82, 2.24) is 10.2 Å². The molecule has 5 nitrogen and oxygen atoms in total. The van der Waals surface area contributed by atoms with E-state index in [4.69, 9.17) is 10.5 Å². The molecule has 22 heavy (non-hydrogen) atoms. The molecule has 2 rings (SSSR count). The number of rotatable bonds is 7. The highest BCUT2D eigenvalue weighted by molar-refractivity contribution is 7.12. The van der Waals surface area contributed by atoms with Gasteiger partial charge in [-0.1, -0.05) is 13.3 Å². The van der Waals surface area contributed by atoms with E-state index in [-0.39, 0.29) is 11.9 Å². The largest absolute Gasteiger partial charge is 0.379 e. The number of morpholine rings is 1. The van der Waals surface area contributed by atoms with E-state index < -0.39 is 6.04 Å². The molecule has 6 heteroatoms. The van der Waals surface area contributed by atoms with Gasteiger partial charge in [-0.2, -0.15) is 0 Å². The Labute approximate surface area is 136 Å². The molecule has 2 atom stereocenters. The average Bonchev–Trinajstić information content (AvgIpc) is 2.95. The molecular formula is C16H27N3O2S. The van der Waals surface area contributed by atoms with Gasteiger partial charge in [-0.3, -0.25) is 9.69 Å². The predicted octanol–water partition coefficient (Wildman–Crippen LogP) is 1.67. The molecule has 1 aromatic rings. The molecule has 0 bridgehead atoms. The molecule has 1 fully saturated rings. The quantitative estimate of drug-likeness (QED) is 0.800. The molecule has 1 aliphatic rings. The Hall–Kier alpha value is -0.950. The summed E-state index contributed by atoms with van der Waals surface area (Å²) in [5, 5.41) is 3.03. The summed E-state index contributed by atoms with van der Waals surface area (Å²) in [7, 11) is 0. The zero-order valence-corrected chi connectivity index (χ0v) is 14.3. The van der Waals surface area contributed by atoms with E-state index in [1.165, 1.54) is 9.75 Å². The van der Waals surface area contributed by atoms with Crippen molar-refractivity contribution in [2.45, 2.75) is 38.8 Å². The minimum Gasteiger partial charge on any atom is -0.379 e. The van der Waals surface area contributed by atoms with Gasteiger partial charge in [0.1, 0.15) is 0 Å². The second-order valence-corrected chi connectivity index (χ2v) is 7.07. The molecule has 1 amide bonds. The third-order valence-corrected chi connectivity index (χ3v) is 5.08. The molecule has 124 valence electrons. The number of ether oxygens (including phenoxy) is 1. The van der Waals surface area contributed by atoms with Crippen molar-refractivity contribution < 1.29 is 9.53 Å². The number of aryl methyl sites for hydroxylation is 1. The van der Waals surface area contributed by atoms with Gasteiger partial charge >= 0.3 is 0 Å². The van der Waals surface area contributed by atoms with Crippen LogP contribution in [-0.4, -0.2) is 49.7 Å². The summed E-state index contributed by atoms with van der Waals surface area (Å²) in [5.74, 6) is -0.0478. The van der Waals surface area contributed by atoms with Crippen molar-refractivity contribution in [2.75, 3.05) is 32.8 Å².